The summed E-state index contributed by atoms with van der Waals surface area (Å²) in [6, 6.07) is 4.06. The van der Waals surface area contributed by atoms with Crippen LogP contribution >= 0.6 is 0 Å². The number of carbonyl (C=O) groups is 1. The molecule has 0 spiro atoms. The van der Waals surface area contributed by atoms with E-state index >= 15 is 0 Å². The smallest absolute Gasteiger partial charge is 0.226 e. The summed E-state index contributed by atoms with van der Waals surface area (Å²) < 4.78 is 10.8. The molecule has 6 heteroatoms. The highest BCUT2D eigenvalue weighted by Crippen LogP contribution is 2.34. The van der Waals surface area contributed by atoms with E-state index in [1.165, 1.54) is 11.1 Å². The largest absolute Gasteiger partial charge is 0.493 e. The molecule has 1 saturated heterocycles. The number of methoxy groups -OCH3 is 2. The lowest BCUT2D eigenvalue weighted by atomic mass is 9.92. The Morgan fingerprint density at radius 3 is 2.30 bits per heavy atom. The van der Waals surface area contributed by atoms with E-state index in [9.17, 15) is 4.79 Å². The maximum atomic E-state index is 12.8. The normalized spacial score (nSPS) is 19.3. The predicted molar refractivity (Wildman–Crippen MR) is 91.5 cm³/mol. The minimum Gasteiger partial charge on any atom is -0.493 e. The summed E-state index contributed by atoms with van der Waals surface area (Å²) in [4.78, 5) is 17.1. The molecule has 0 bridgehead atoms. The third-order valence-electron chi connectivity index (χ3n) is 5.10. The van der Waals surface area contributed by atoms with E-state index in [0.29, 0.717) is 12.5 Å². The fraction of sp³-hybridized carbons (Fsp3) is 0.588. The molecule has 124 valence electrons. The number of amides is 1. The summed E-state index contributed by atoms with van der Waals surface area (Å²) in [5.41, 5.74) is 2.44. The second kappa shape index (κ2) is 6.83. The molecule has 2 heterocycles. The van der Waals surface area contributed by atoms with Crippen LogP contribution in [0.2, 0.25) is 0 Å². The number of carbonyl (C=O) groups excluding carboxylic acids is 1. The van der Waals surface area contributed by atoms with Gasteiger partial charge in [-0.3, -0.25) is 4.79 Å². The van der Waals surface area contributed by atoms with Gasteiger partial charge in [0.2, 0.25) is 5.91 Å². The number of benzene rings is 1. The molecule has 1 aromatic carbocycles. The monoisotopic (exact) mass is 316 g/mol. The van der Waals surface area contributed by atoms with Crippen LogP contribution in [0.3, 0.4) is 0 Å². The van der Waals surface area contributed by atoms with Crippen molar-refractivity contribution in [1.82, 2.24) is 9.71 Å². The molecule has 3 rings (SSSR count). The number of ether oxygens (including phenoxy) is 2. The van der Waals surface area contributed by atoms with Crippen molar-refractivity contribution in [3.8, 4) is 11.5 Å². The SMILES string of the molecule is BN1CCC(C(=O)N2CCc3cc(OC)c(OC)cc3C2)CC1. The molecular weight excluding hydrogens is 291 g/mol. The second-order valence-corrected chi connectivity index (χ2v) is 6.56. The lowest BCUT2D eigenvalue weighted by Gasteiger charge is -2.35. The molecule has 1 aromatic rings. The first-order valence-corrected chi connectivity index (χ1v) is 8.33. The van der Waals surface area contributed by atoms with E-state index in [1.54, 1.807) is 14.2 Å². The fourth-order valence-electron chi connectivity index (χ4n) is 3.59. The molecule has 0 N–H and O–H groups in total. The van der Waals surface area contributed by atoms with Crippen molar-refractivity contribution < 1.29 is 14.3 Å². The first-order valence-electron chi connectivity index (χ1n) is 8.33. The van der Waals surface area contributed by atoms with Crippen LogP contribution in [0.25, 0.3) is 0 Å². The quantitative estimate of drug-likeness (QED) is 0.776. The van der Waals surface area contributed by atoms with E-state index in [-0.39, 0.29) is 5.92 Å². The van der Waals surface area contributed by atoms with Crippen molar-refractivity contribution in [2.75, 3.05) is 33.9 Å². The molecule has 0 aliphatic carbocycles. The summed E-state index contributed by atoms with van der Waals surface area (Å²) in [6.07, 6.45) is 2.84. The topological polar surface area (TPSA) is 42.0 Å². The van der Waals surface area contributed by atoms with Crippen LogP contribution in [-0.2, 0) is 17.8 Å². The van der Waals surface area contributed by atoms with Crippen LogP contribution < -0.4 is 9.47 Å². The summed E-state index contributed by atoms with van der Waals surface area (Å²) in [7, 11) is 5.43. The van der Waals surface area contributed by atoms with Gasteiger partial charge in [0.05, 0.1) is 14.2 Å². The first-order chi connectivity index (χ1) is 11.1. The van der Waals surface area contributed by atoms with E-state index in [2.05, 4.69) is 12.8 Å². The Labute approximate surface area is 139 Å². The Balaban J connectivity index is 1.73. The average molecular weight is 316 g/mol. The molecule has 1 amide bonds. The minimum atomic E-state index is 0.188. The van der Waals surface area contributed by atoms with Crippen molar-refractivity contribution in [3.63, 3.8) is 0 Å². The van der Waals surface area contributed by atoms with Gasteiger partial charge in [-0.25, -0.2) is 0 Å². The van der Waals surface area contributed by atoms with Crippen molar-refractivity contribution in [2.45, 2.75) is 25.8 Å². The Morgan fingerprint density at radius 1 is 1.09 bits per heavy atom. The van der Waals surface area contributed by atoms with Gasteiger partial charge in [-0.1, -0.05) is 0 Å². The highest BCUT2D eigenvalue weighted by Gasteiger charge is 2.30. The Bertz CT molecular complexity index is 585. The van der Waals surface area contributed by atoms with Crippen LogP contribution in [0.5, 0.6) is 11.5 Å². The van der Waals surface area contributed by atoms with E-state index in [1.807, 2.05) is 17.0 Å². The van der Waals surface area contributed by atoms with Gasteiger partial charge in [-0.15, -0.1) is 0 Å². The van der Waals surface area contributed by atoms with Crippen molar-refractivity contribution in [1.29, 1.82) is 0 Å². The third-order valence-corrected chi connectivity index (χ3v) is 5.10. The number of nitrogens with zero attached hydrogens (tertiary/aromatic N) is 2. The van der Waals surface area contributed by atoms with Gasteiger partial charge in [0.25, 0.3) is 0 Å². The van der Waals surface area contributed by atoms with Crippen LogP contribution in [0, 0.1) is 5.92 Å². The van der Waals surface area contributed by atoms with Gasteiger partial charge >= 0.3 is 0 Å². The number of piperidine rings is 1. The molecule has 2 aliphatic heterocycles. The molecule has 0 unspecified atom stereocenters. The summed E-state index contributed by atoms with van der Waals surface area (Å²) in [6.45, 7) is 3.52. The third kappa shape index (κ3) is 3.32. The van der Waals surface area contributed by atoms with Crippen molar-refractivity contribution in [2.24, 2.45) is 5.92 Å². The lowest BCUT2D eigenvalue weighted by Crippen LogP contribution is -2.43. The first kappa shape index (κ1) is 16.2. The minimum absolute atomic E-state index is 0.188. The predicted octanol–water partition coefficient (Wildman–Crippen LogP) is 0.849. The molecular formula is C17H25BN2O3. The van der Waals surface area contributed by atoms with E-state index in [0.717, 1.165) is 50.4 Å². The number of hydrogen-bond acceptors (Lipinski definition) is 4. The number of rotatable bonds is 3. The summed E-state index contributed by atoms with van der Waals surface area (Å²) in [5.74, 6) is 2.01. The van der Waals surface area contributed by atoms with Gasteiger partial charge in [0, 0.05) is 19.0 Å². The molecule has 0 radical (unpaired) electrons. The Hall–Kier alpha value is -1.69. The van der Waals surface area contributed by atoms with Gasteiger partial charge in [-0.2, -0.15) is 0 Å². The standard InChI is InChI=1S/C17H25BN2O3/c1-22-15-9-13-3-6-19(11-14(13)10-16(15)23-2)17(21)12-4-7-20(18)8-5-12/h9-10,12H,3-8,11,18H2,1-2H3. The summed E-state index contributed by atoms with van der Waals surface area (Å²) in [5, 5.41) is 0. The zero-order valence-electron chi connectivity index (χ0n) is 14.3. The van der Waals surface area contributed by atoms with Gasteiger partial charge in [-0.05, 0) is 55.6 Å². The maximum absolute atomic E-state index is 12.8. The van der Waals surface area contributed by atoms with Crippen LogP contribution in [0.15, 0.2) is 12.1 Å². The van der Waals surface area contributed by atoms with Gasteiger partial charge < -0.3 is 19.2 Å². The van der Waals surface area contributed by atoms with Crippen molar-refractivity contribution >= 4 is 13.9 Å². The molecule has 0 aromatic heterocycles. The molecule has 0 saturated carbocycles. The van der Waals surface area contributed by atoms with Crippen LogP contribution in [-0.4, -0.2) is 57.5 Å². The molecule has 5 nitrogen and oxygen atoms in total. The zero-order chi connectivity index (χ0) is 16.4. The van der Waals surface area contributed by atoms with Gasteiger partial charge in [0.15, 0.2) is 19.5 Å². The van der Waals surface area contributed by atoms with Crippen LogP contribution in [0.4, 0.5) is 0 Å². The Morgan fingerprint density at radius 2 is 1.70 bits per heavy atom. The maximum Gasteiger partial charge on any atom is 0.226 e. The highest BCUT2D eigenvalue weighted by molar-refractivity contribution is 6.04. The van der Waals surface area contributed by atoms with E-state index < -0.39 is 0 Å². The second-order valence-electron chi connectivity index (χ2n) is 6.56. The zero-order valence-corrected chi connectivity index (χ0v) is 14.3. The number of hydrogen-bond donors (Lipinski definition) is 0. The van der Waals surface area contributed by atoms with E-state index in [4.69, 9.17) is 9.47 Å². The molecule has 1 fully saturated rings. The lowest BCUT2D eigenvalue weighted by molar-refractivity contribution is -0.137. The highest BCUT2D eigenvalue weighted by atomic mass is 16.5. The molecule has 23 heavy (non-hydrogen) atoms. The fourth-order valence-corrected chi connectivity index (χ4v) is 3.59. The molecule has 2 aliphatic rings. The summed E-state index contributed by atoms with van der Waals surface area (Å²) >= 11 is 0. The van der Waals surface area contributed by atoms with Crippen molar-refractivity contribution in [3.05, 3.63) is 23.3 Å². The van der Waals surface area contributed by atoms with Crippen LogP contribution in [0.1, 0.15) is 24.0 Å². The average Bonchev–Trinajstić information content (AvgIpc) is 2.60. The number of fused-ring (bicyclic) bond motifs is 1. The molecule has 0 atom stereocenters. The Kier molecular flexibility index (Phi) is 4.80. The van der Waals surface area contributed by atoms with Gasteiger partial charge in [0.1, 0.15) is 0 Å².